The lowest BCUT2D eigenvalue weighted by Gasteiger charge is -2.15. The topological polar surface area (TPSA) is 101 Å². The number of ether oxygens (including phenoxy) is 3. The Morgan fingerprint density at radius 3 is 2.26 bits per heavy atom. The molecule has 0 atom stereocenters. The summed E-state index contributed by atoms with van der Waals surface area (Å²) in [6, 6.07) is 4.93. The number of hydrogen-bond acceptors (Lipinski definition) is 7. The third-order valence-corrected chi connectivity index (χ3v) is 4.63. The Morgan fingerprint density at radius 2 is 1.78 bits per heavy atom. The largest absolute Gasteiger partial charge is 0.493 e. The summed E-state index contributed by atoms with van der Waals surface area (Å²) in [6.07, 6.45) is 5.66. The van der Waals surface area contributed by atoms with Crippen molar-refractivity contribution in [3.63, 3.8) is 0 Å². The lowest BCUT2D eigenvalue weighted by Crippen LogP contribution is -2.27. The number of carbonyl (C=O) groups excluding carboxylic acids is 1. The van der Waals surface area contributed by atoms with E-state index in [0.717, 1.165) is 25.7 Å². The van der Waals surface area contributed by atoms with Gasteiger partial charge in [-0.15, -0.1) is 0 Å². The Morgan fingerprint density at radius 1 is 1.15 bits per heavy atom. The average molecular weight is 372 g/mol. The van der Waals surface area contributed by atoms with Gasteiger partial charge in [0.1, 0.15) is 5.82 Å². The quantitative estimate of drug-likeness (QED) is 0.475. The second kappa shape index (κ2) is 8.11. The molecule has 1 aliphatic rings. The fraction of sp³-hybridized carbons (Fsp3) is 0.421. The zero-order valence-electron chi connectivity index (χ0n) is 15.8. The molecule has 8 heteroatoms. The van der Waals surface area contributed by atoms with Crippen LogP contribution in [-0.2, 0) is 0 Å². The molecule has 1 aliphatic carbocycles. The van der Waals surface area contributed by atoms with Crippen LogP contribution < -0.4 is 19.9 Å². The number of aliphatic imine (C=N–C) groups is 1. The van der Waals surface area contributed by atoms with E-state index in [2.05, 4.69) is 10.1 Å². The molecule has 2 N–H and O–H groups in total. The molecule has 27 heavy (non-hydrogen) atoms. The first-order chi connectivity index (χ1) is 13.1. The Hall–Kier alpha value is -3.03. The lowest BCUT2D eigenvalue weighted by atomic mass is 10.1. The first-order valence-electron chi connectivity index (χ1n) is 8.81. The molecule has 0 aliphatic heterocycles. The van der Waals surface area contributed by atoms with Gasteiger partial charge in [-0.2, -0.15) is 9.78 Å². The van der Waals surface area contributed by atoms with Crippen LogP contribution in [0.15, 0.2) is 29.4 Å². The highest BCUT2D eigenvalue weighted by atomic mass is 16.5. The smallest absolute Gasteiger partial charge is 0.230 e. The van der Waals surface area contributed by atoms with Gasteiger partial charge in [-0.3, -0.25) is 9.79 Å². The number of nitrogens with two attached hydrogens (primary N) is 1. The molecule has 0 unspecified atom stereocenters. The van der Waals surface area contributed by atoms with E-state index in [-0.39, 0.29) is 17.7 Å². The van der Waals surface area contributed by atoms with E-state index in [9.17, 15) is 4.79 Å². The summed E-state index contributed by atoms with van der Waals surface area (Å²) < 4.78 is 17.4. The third kappa shape index (κ3) is 3.74. The van der Waals surface area contributed by atoms with Crippen molar-refractivity contribution in [3.05, 3.63) is 30.0 Å². The normalized spacial score (nSPS) is 15.0. The summed E-state index contributed by atoms with van der Waals surface area (Å²) in [5, 5.41) is 4.18. The van der Waals surface area contributed by atoms with E-state index >= 15 is 0 Å². The highest BCUT2D eigenvalue weighted by Crippen LogP contribution is 2.38. The van der Waals surface area contributed by atoms with Gasteiger partial charge in [0.25, 0.3) is 0 Å². The van der Waals surface area contributed by atoms with E-state index in [4.69, 9.17) is 19.9 Å². The molecule has 0 radical (unpaired) electrons. The van der Waals surface area contributed by atoms with E-state index in [1.165, 1.54) is 26.0 Å². The predicted octanol–water partition coefficient (Wildman–Crippen LogP) is 2.56. The van der Waals surface area contributed by atoms with Gasteiger partial charge in [-0.1, -0.05) is 12.8 Å². The van der Waals surface area contributed by atoms with Gasteiger partial charge in [0.05, 0.1) is 33.6 Å². The van der Waals surface area contributed by atoms with Crippen molar-refractivity contribution in [2.24, 2.45) is 4.99 Å². The van der Waals surface area contributed by atoms with Crippen molar-refractivity contribution < 1.29 is 19.0 Å². The SMILES string of the molecule is COc1cc(C(=O)/C(=N/C2CCCC2)n2nccc2N)cc(OC)c1OC. The Bertz CT molecular complexity index is 828. The van der Waals surface area contributed by atoms with Crippen molar-refractivity contribution in [2.75, 3.05) is 27.1 Å². The maximum absolute atomic E-state index is 13.3. The molecule has 1 saturated carbocycles. The van der Waals surface area contributed by atoms with E-state index in [1.54, 1.807) is 24.4 Å². The van der Waals surface area contributed by atoms with Crippen LogP contribution in [-0.4, -0.2) is 48.8 Å². The van der Waals surface area contributed by atoms with Gasteiger partial charge < -0.3 is 19.9 Å². The standard InChI is InChI=1S/C19H24N4O4/c1-25-14-10-12(11-15(26-2)18(14)27-3)17(24)19(22-13-6-4-5-7-13)23-16(20)8-9-21-23/h8-11,13H,4-7,20H2,1-3H3/b22-19-. The highest BCUT2D eigenvalue weighted by Gasteiger charge is 2.25. The minimum Gasteiger partial charge on any atom is -0.493 e. The monoisotopic (exact) mass is 372 g/mol. The van der Waals surface area contributed by atoms with Crippen molar-refractivity contribution in [2.45, 2.75) is 31.7 Å². The zero-order valence-corrected chi connectivity index (χ0v) is 15.8. The number of rotatable bonds is 6. The summed E-state index contributed by atoms with van der Waals surface area (Å²) in [4.78, 5) is 18.0. The van der Waals surface area contributed by atoms with Crippen LogP contribution in [0, 0.1) is 0 Å². The maximum Gasteiger partial charge on any atom is 0.230 e. The molecule has 144 valence electrons. The Labute approximate surface area is 157 Å². The van der Waals surface area contributed by atoms with Crippen molar-refractivity contribution in [1.29, 1.82) is 0 Å². The Balaban J connectivity index is 2.08. The average Bonchev–Trinajstić information content (AvgIpc) is 3.35. The molecule has 1 aromatic carbocycles. The molecule has 1 fully saturated rings. The minimum absolute atomic E-state index is 0.0922. The van der Waals surface area contributed by atoms with Crippen LogP contribution in [0.2, 0.25) is 0 Å². The van der Waals surface area contributed by atoms with E-state index in [0.29, 0.717) is 28.6 Å². The van der Waals surface area contributed by atoms with Crippen molar-refractivity contribution in [1.82, 2.24) is 9.78 Å². The number of aromatic nitrogens is 2. The fourth-order valence-corrected chi connectivity index (χ4v) is 3.25. The highest BCUT2D eigenvalue weighted by molar-refractivity contribution is 6.46. The van der Waals surface area contributed by atoms with Crippen LogP contribution in [0.5, 0.6) is 17.2 Å². The molecule has 0 amide bonds. The number of carbonyl (C=O) groups is 1. The lowest BCUT2D eigenvalue weighted by molar-refractivity contribution is 0.106. The predicted molar refractivity (Wildman–Crippen MR) is 102 cm³/mol. The van der Waals surface area contributed by atoms with Gasteiger partial charge in [-0.05, 0) is 25.0 Å². The molecule has 1 heterocycles. The van der Waals surface area contributed by atoms with E-state index < -0.39 is 0 Å². The third-order valence-electron chi connectivity index (χ3n) is 4.63. The summed E-state index contributed by atoms with van der Waals surface area (Å²) in [5.74, 6) is 1.45. The second-order valence-corrected chi connectivity index (χ2v) is 6.30. The number of anilines is 1. The molecule has 2 aromatic rings. The van der Waals surface area contributed by atoms with Gasteiger partial charge in [0.2, 0.25) is 11.5 Å². The number of ketones is 1. The number of Topliss-reactive ketones (excluding diaryl/α,β-unsaturated/α-hetero) is 1. The summed E-state index contributed by atoms with van der Waals surface area (Å²) in [6.45, 7) is 0. The van der Waals surface area contributed by atoms with Crippen LogP contribution in [0.3, 0.4) is 0 Å². The summed E-state index contributed by atoms with van der Waals surface area (Å²) in [7, 11) is 4.52. The second-order valence-electron chi connectivity index (χ2n) is 6.30. The van der Waals surface area contributed by atoms with Crippen LogP contribution in [0.4, 0.5) is 5.82 Å². The van der Waals surface area contributed by atoms with Crippen LogP contribution >= 0.6 is 0 Å². The van der Waals surface area contributed by atoms with Crippen LogP contribution in [0.25, 0.3) is 0 Å². The molecule has 0 saturated heterocycles. The fourth-order valence-electron chi connectivity index (χ4n) is 3.25. The van der Waals surface area contributed by atoms with Gasteiger partial charge in [0, 0.05) is 11.6 Å². The maximum atomic E-state index is 13.3. The molecule has 1 aromatic heterocycles. The van der Waals surface area contributed by atoms with Crippen molar-refractivity contribution >= 4 is 17.4 Å². The molecule has 0 bridgehead atoms. The first kappa shape index (κ1) is 18.8. The van der Waals surface area contributed by atoms with Gasteiger partial charge in [0.15, 0.2) is 17.3 Å². The molecular weight excluding hydrogens is 348 g/mol. The van der Waals surface area contributed by atoms with E-state index in [1.807, 2.05) is 0 Å². The first-order valence-corrected chi connectivity index (χ1v) is 8.81. The molecular formula is C19H24N4O4. The number of nitrogen functional groups attached to an aromatic ring is 1. The number of benzene rings is 1. The van der Waals surface area contributed by atoms with Crippen LogP contribution in [0.1, 0.15) is 36.0 Å². The zero-order chi connectivity index (χ0) is 19.4. The molecule has 3 rings (SSSR count). The minimum atomic E-state index is -0.309. The van der Waals surface area contributed by atoms with Crippen molar-refractivity contribution in [3.8, 4) is 17.2 Å². The molecule has 0 spiro atoms. The summed E-state index contributed by atoms with van der Waals surface area (Å²) in [5.41, 5.74) is 6.34. The van der Waals surface area contributed by atoms with Gasteiger partial charge in [-0.25, -0.2) is 0 Å². The number of nitrogens with zero attached hydrogens (tertiary/aromatic N) is 3. The Kier molecular flexibility index (Phi) is 5.63. The summed E-state index contributed by atoms with van der Waals surface area (Å²) >= 11 is 0. The molecule has 8 nitrogen and oxygen atoms in total. The van der Waals surface area contributed by atoms with Gasteiger partial charge >= 0.3 is 0 Å². The number of hydrogen-bond donors (Lipinski definition) is 1. The number of methoxy groups -OCH3 is 3.